The molecule has 0 spiro atoms. The van der Waals surface area contributed by atoms with Crippen LogP contribution < -0.4 is 10.0 Å². The van der Waals surface area contributed by atoms with E-state index >= 15 is 0 Å². The van der Waals surface area contributed by atoms with Crippen LogP contribution in [0.5, 0.6) is 5.88 Å². The fraction of sp³-hybridized carbons (Fsp3) is 0.368. The number of pyridine rings is 1. The number of hydrogen-bond donors (Lipinski definition) is 0. The maximum atomic E-state index is 14.5. The lowest BCUT2D eigenvalue weighted by atomic mass is 9.93. The molecule has 1 aliphatic rings. The third-order valence-corrected chi connectivity index (χ3v) is 4.66. The van der Waals surface area contributed by atoms with Crippen LogP contribution in [-0.2, 0) is 11.2 Å². The molecule has 25 heavy (non-hydrogen) atoms. The lowest BCUT2D eigenvalue weighted by Gasteiger charge is -2.26. The van der Waals surface area contributed by atoms with E-state index in [1.54, 1.807) is 19.1 Å². The second-order valence-electron chi connectivity index (χ2n) is 5.99. The molecule has 2 atom stereocenters. The Morgan fingerprint density at radius 2 is 2.16 bits per heavy atom. The van der Waals surface area contributed by atoms with Crippen molar-refractivity contribution in [1.29, 1.82) is 0 Å². The maximum Gasteiger partial charge on any atom is 0.357 e. The molecule has 0 bridgehead atoms. The zero-order valence-corrected chi connectivity index (χ0v) is 15.5. The van der Waals surface area contributed by atoms with Crippen LogP contribution in [0, 0.1) is 5.82 Å². The molecule has 2 unspecified atom stereocenters. The first-order valence-corrected chi connectivity index (χ1v) is 9.04. The predicted molar refractivity (Wildman–Crippen MR) is 98.0 cm³/mol. The highest BCUT2D eigenvalue weighted by molar-refractivity contribution is 7.27. The molecular formula is C19H21FNO3P. The molecule has 0 saturated carbocycles. The van der Waals surface area contributed by atoms with Gasteiger partial charge in [0.1, 0.15) is 11.9 Å². The van der Waals surface area contributed by atoms with Gasteiger partial charge in [0.05, 0.1) is 6.61 Å². The van der Waals surface area contributed by atoms with E-state index < -0.39 is 5.97 Å². The largest absolute Gasteiger partial charge is 0.474 e. The lowest BCUT2D eigenvalue weighted by molar-refractivity contribution is 0.0516. The minimum absolute atomic E-state index is 0.0598. The van der Waals surface area contributed by atoms with Crippen LogP contribution in [0.1, 0.15) is 42.7 Å². The van der Waals surface area contributed by atoms with Crippen molar-refractivity contribution >= 4 is 20.5 Å². The number of esters is 1. The Morgan fingerprint density at radius 1 is 1.36 bits per heavy atom. The number of carbonyl (C=O) groups excluding carboxylic acids is 1. The molecule has 2 heterocycles. The molecule has 0 N–H and O–H groups in total. The van der Waals surface area contributed by atoms with Crippen LogP contribution in [0.2, 0.25) is 0 Å². The second-order valence-corrected chi connectivity index (χ2v) is 6.65. The Kier molecular flexibility index (Phi) is 5.33. The standard InChI is InChI=1S/C19H21FNO3P/c1-3-11-5-7-14-15(13-8-6-12(25)9-16(13)20)10-17(19(22)23-4-2)21-18(14)24-11/h6,8-11H,3-5,7,25H2,1-2H3. The topological polar surface area (TPSA) is 48.4 Å². The average Bonchev–Trinajstić information content (AvgIpc) is 2.60. The van der Waals surface area contributed by atoms with Gasteiger partial charge in [-0.15, -0.1) is 9.24 Å². The van der Waals surface area contributed by atoms with Crippen molar-refractivity contribution in [2.45, 2.75) is 39.2 Å². The van der Waals surface area contributed by atoms with Gasteiger partial charge >= 0.3 is 5.97 Å². The van der Waals surface area contributed by atoms with Gasteiger partial charge in [-0.05, 0) is 49.2 Å². The first-order chi connectivity index (χ1) is 12.0. The van der Waals surface area contributed by atoms with Crippen LogP contribution in [-0.4, -0.2) is 23.7 Å². The van der Waals surface area contributed by atoms with Crippen molar-refractivity contribution in [3.05, 3.63) is 41.3 Å². The fourth-order valence-electron chi connectivity index (χ4n) is 3.00. The second kappa shape index (κ2) is 7.49. The highest BCUT2D eigenvalue weighted by Crippen LogP contribution is 2.37. The molecule has 1 aromatic heterocycles. The van der Waals surface area contributed by atoms with E-state index in [9.17, 15) is 9.18 Å². The van der Waals surface area contributed by atoms with E-state index in [1.165, 1.54) is 6.07 Å². The predicted octanol–water partition coefficient (Wildman–Crippen LogP) is 3.67. The summed E-state index contributed by atoms with van der Waals surface area (Å²) in [6, 6.07) is 6.59. The summed E-state index contributed by atoms with van der Waals surface area (Å²) in [5, 5.41) is 0.761. The zero-order chi connectivity index (χ0) is 18.0. The number of carbonyl (C=O) groups is 1. The quantitative estimate of drug-likeness (QED) is 0.616. The summed E-state index contributed by atoms with van der Waals surface area (Å²) in [4.78, 5) is 16.5. The number of nitrogens with zero attached hydrogens (tertiary/aromatic N) is 1. The molecular weight excluding hydrogens is 340 g/mol. The molecule has 0 amide bonds. The number of hydrogen-bond acceptors (Lipinski definition) is 4. The smallest absolute Gasteiger partial charge is 0.357 e. The average molecular weight is 361 g/mol. The van der Waals surface area contributed by atoms with Crippen molar-refractivity contribution in [3.8, 4) is 17.0 Å². The summed E-state index contributed by atoms with van der Waals surface area (Å²) >= 11 is 0. The monoisotopic (exact) mass is 361 g/mol. The minimum Gasteiger partial charge on any atom is -0.474 e. The van der Waals surface area contributed by atoms with Crippen LogP contribution >= 0.6 is 9.24 Å². The van der Waals surface area contributed by atoms with Gasteiger partial charge in [0, 0.05) is 11.1 Å². The van der Waals surface area contributed by atoms with Gasteiger partial charge in [-0.25, -0.2) is 14.2 Å². The molecule has 132 valence electrons. The van der Waals surface area contributed by atoms with Gasteiger partial charge in [0.15, 0.2) is 5.69 Å². The zero-order valence-electron chi connectivity index (χ0n) is 14.3. The summed E-state index contributed by atoms with van der Waals surface area (Å²) in [6.45, 7) is 4.03. The van der Waals surface area contributed by atoms with E-state index in [1.807, 2.05) is 13.0 Å². The van der Waals surface area contributed by atoms with Crippen LogP contribution in [0.4, 0.5) is 4.39 Å². The fourth-order valence-corrected chi connectivity index (χ4v) is 3.24. The number of aromatic nitrogens is 1. The van der Waals surface area contributed by atoms with E-state index in [4.69, 9.17) is 9.47 Å². The summed E-state index contributed by atoms with van der Waals surface area (Å²) in [6.07, 6.45) is 2.50. The molecule has 0 radical (unpaired) electrons. The van der Waals surface area contributed by atoms with Crippen molar-refractivity contribution < 1.29 is 18.7 Å². The molecule has 1 aromatic carbocycles. The van der Waals surface area contributed by atoms with Crippen molar-refractivity contribution in [3.63, 3.8) is 0 Å². The highest BCUT2D eigenvalue weighted by atomic mass is 31.0. The van der Waals surface area contributed by atoms with Crippen LogP contribution in [0.15, 0.2) is 24.3 Å². The Hall–Kier alpha value is -2.00. The van der Waals surface area contributed by atoms with Crippen molar-refractivity contribution in [1.82, 2.24) is 4.98 Å². The molecule has 0 aliphatic carbocycles. The van der Waals surface area contributed by atoms with Gasteiger partial charge in [-0.3, -0.25) is 0 Å². The maximum absolute atomic E-state index is 14.5. The Balaban J connectivity index is 2.15. The Morgan fingerprint density at radius 3 is 2.84 bits per heavy atom. The van der Waals surface area contributed by atoms with Crippen molar-refractivity contribution in [2.24, 2.45) is 0 Å². The number of ether oxygens (including phenoxy) is 2. The van der Waals surface area contributed by atoms with E-state index in [2.05, 4.69) is 14.2 Å². The van der Waals surface area contributed by atoms with Gasteiger partial charge in [0.25, 0.3) is 0 Å². The third-order valence-electron chi connectivity index (χ3n) is 4.30. The molecule has 0 fully saturated rings. The van der Waals surface area contributed by atoms with E-state index in [-0.39, 0.29) is 24.2 Å². The Labute approximate surface area is 149 Å². The Bertz CT molecular complexity index is 809. The molecule has 4 nitrogen and oxygen atoms in total. The van der Waals surface area contributed by atoms with Gasteiger partial charge in [-0.1, -0.05) is 19.1 Å². The van der Waals surface area contributed by atoms with Crippen molar-refractivity contribution in [2.75, 3.05) is 6.61 Å². The first kappa shape index (κ1) is 17.8. The summed E-state index contributed by atoms with van der Waals surface area (Å²) in [5.74, 6) is -0.460. The van der Waals surface area contributed by atoms with Gasteiger partial charge in [0.2, 0.25) is 5.88 Å². The van der Waals surface area contributed by atoms with E-state index in [0.717, 1.165) is 30.1 Å². The van der Waals surface area contributed by atoms with Crippen LogP contribution in [0.3, 0.4) is 0 Å². The lowest BCUT2D eigenvalue weighted by Crippen LogP contribution is -2.24. The summed E-state index contributed by atoms with van der Waals surface area (Å²) in [7, 11) is 2.48. The summed E-state index contributed by atoms with van der Waals surface area (Å²) in [5.41, 5.74) is 2.06. The molecule has 2 aromatic rings. The normalized spacial score (nSPS) is 16.1. The van der Waals surface area contributed by atoms with Gasteiger partial charge in [-0.2, -0.15) is 0 Å². The molecule has 0 saturated heterocycles. The molecule has 6 heteroatoms. The molecule has 1 aliphatic heterocycles. The van der Waals surface area contributed by atoms with E-state index in [0.29, 0.717) is 17.0 Å². The number of halogens is 1. The summed E-state index contributed by atoms with van der Waals surface area (Å²) < 4.78 is 25.5. The number of benzene rings is 1. The third kappa shape index (κ3) is 3.67. The number of rotatable bonds is 4. The van der Waals surface area contributed by atoms with Gasteiger partial charge < -0.3 is 9.47 Å². The molecule has 3 rings (SSSR count). The SMILES string of the molecule is CCOC(=O)c1cc(-c2ccc(P)cc2F)c2c(n1)OC(CC)CC2. The minimum atomic E-state index is -0.531. The highest BCUT2D eigenvalue weighted by Gasteiger charge is 2.26. The first-order valence-electron chi connectivity index (χ1n) is 8.46. The van der Waals surface area contributed by atoms with Crippen LogP contribution in [0.25, 0.3) is 11.1 Å². The number of fused-ring (bicyclic) bond motifs is 1.